The zero-order chi connectivity index (χ0) is 15.4. The van der Waals surface area contributed by atoms with E-state index in [0.717, 1.165) is 6.54 Å². The molecule has 114 valence electrons. The number of nitrogens with zero attached hydrogens (tertiary/aromatic N) is 1. The molecule has 0 radical (unpaired) electrons. The maximum absolute atomic E-state index is 12.3. The molecule has 21 heavy (non-hydrogen) atoms. The van der Waals surface area contributed by atoms with E-state index in [1.807, 2.05) is 6.92 Å². The number of rotatable bonds is 3. The van der Waals surface area contributed by atoms with Crippen molar-refractivity contribution in [1.29, 1.82) is 0 Å². The minimum Gasteiger partial charge on any atom is -0.341 e. The average molecular weight is 310 g/mol. The molecule has 1 fully saturated rings. The minimum atomic E-state index is -0.543. The second-order valence-corrected chi connectivity index (χ2v) is 5.78. The number of piperazine rings is 1. The molecule has 1 heterocycles. The van der Waals surface area contributed by atoms with Gasteiger partial charge in [-0.1, -0.05) is 11.6 Å². The van der Waals surface area contributed by atoms with Crippen molar-refractivity contribution < 1.29 is 9.59 Å². The predicted molar refractivity (Wildman–Crippen MR) is 82.4 cm³/mol. The molecule has 0 aromatic heterocycles. The molecule has 1 aliphatic rings. The van der Waals surface area contributed by atoms with Gasteiger partial charge in [-0.3, -0.25) is 9.59 Å². The van der Waals surface area contributed by atoms with Crippen LogP contribution in [0, 0.1) is 0 Å². The van der Waals surface area contributed by atoms with Gasteiger partial charge < -0.3 is 15.5 Å². The molecule has 1 saturated heterocycles. The van der Waals surface area contributed by atoms with Gasteiger partial charge in [0.05, 0.1) is 0 Å². The Morgan fingerprint density at radius 3 is 2.67 bits per heavy atom. The fourth-order valence-corrected chi connectivity index (χ4v) is 2.48. The smallest absolute Gasteiger partial charge is 0.251 e. The van der Waals surface area contributed by atoms with Crippen LogP contribution in [0.15, 0.2) is 24.3 Å². The molecule has 0 saturated carbocycles. The van der Waals surface area contributed by atoms with E-state index in [1.165, 1.54) is 0 Å². The quantitative estimate of drug-likeness (QED) is 0.884. The number of benzene rings is 1. The van der Waals surface area contributed by atoms with Crippen molar-refractivity contribution in [3.8, 4) is 0 Å². The maximum Gasteiger partial charge on any atom is 0.251 e. The number of halogens is 1. The molecular weight excluding hydrogens is 290 g/mol. The van der Waals surface area contributed by atoms with Crippen LogP contribution < -0.4 is 10.6 Å². The van der Waals surface area contributed by atoms with Crippen molar-refractivity contribution in [2.75, 3.05) is 19.6 Å². The zero-order valence-electron chi connectivity index (χ0n) is 12.2. The molecule has 1 aromatic carbocycles. The Bertz CT molecular complexity index is 518. The molecule has 0 bridgehead atoms. The molecule has 1 aliphatic heterocycles. The van der Waals surface area contributed by atoms with Gasteiger partial charge in [0.25, 0.3) is 5.91 Å². The van der Waals surface area contributed by atoms with Gasteiger partial charge in [-0.25, -0.2) is 0 Å². The van der Waals surface area contributed by atoms with Crippen LogP contribution in [-0.4, -0.2) is 48.4 Å². The fourth-order valence-electron chi connectivity index (χ4n) is 2.35. The van der Waals surface area contributed by atoms with Crippen LogP contribution in [0.1, 0.15) is 24.2 Å². The lowest BCUT2D eigenvalue weighted by Crippen LogP contribution is -2.56. The van der Waals surface area contributed by atoms with Gasteiger partial charge in [0.1, 0.15) is 6.04 Å². The molecular formula is C15H20ClN3O2. The molecule has 6 heteroatoms. The summed E-state index contributed by atoms with van der Waals surface area (Å²) >= 11 is 5.79. The highest BCUT2D eigenvalue weighted by molar-refractivity contribution is 6.30. The third-order valence-electron chi connectivity index (χ3n) is 3.50. The number of nitrogens with one attached hydrogen (secondary N) is 2. The second-order valence-electron chi connectivity index (χ2n) is 5.34. The van der Waals surface area contributed by atoms with Crippen molar-refractivity contribution in [3.63, 3.8) is 0 Å². The van der Waals surface area contributed by atoms with Gasteiger partial charge in [0, 0.05) is 36.3 Å². The van der Waals surface area contributed by atoms with E-state index in [9.17, 15) is 9.59 Å². The summed E-state index contributed by atoms with van der Waals surface area (Å²) in [4.78, 5) is 26.2. The molecule has 2 rings (SSSR count). The van der Waals surface area contributed by atoms with Crippen LogP contribution in [0.2, 0.25) is 5.02 Å². The lowest BCUT2D eigenvalue weighted by atomic mass is 10.1. The van der Waals surface area contributed by atoms with Gasteiger partial charge in [-0.05, 0) is 38.1 Å². The normalized spacial score (nSPS) is 20.0. The van der Waals surface area contributed by atoms with E-state index in [2.05, 4.69) is 10.6 Å². The van der Waals surface area contributed by atoms with Gasteiger partial charge in [0.2, 0.25) is 5.91 Å². The van der Waals surface area contributed by atoms with Gasteiger partial charge in [-0.15, -0.1) is 0 Å². The molecule has 2 atom stereocenters. The van der Waals surface area contributed by atoms with Crippen molar-refractivity contribution in [3.05, 3.63) is 34.9 Å². The number of amides is 2. The number of carbonyl (C=O) groups is 2. The summed E-state index contributed by atoms with van der Waals surface area (Å²) in [5, 5.41) is 6.59. The molecule has 0 spiro atoms. The topological polar surface area (TPSA) is 61.4 Å². The highest BCUT2D eigenvalue weighted by Gasteiger charge is 2.25. The first-order valence-corrected chi connectivity index (χ1v) is 7.44. The Morgan fingerprint density at radius 2 is 2.05 bits per heavy atom. The van der Waals surface area contributed by atoms with Crippen LogP contribution in [-0.2, 0) is 4.79 Å². The Kier molecular flexibility index (Phi) is 5.20. The first-order chi connectivity index (χ1) is 9.97. The summed E-state index contributed by atoms with van der Waals surface area (Å²) in [5.41, 5.74) is 0.493. The predicted octanol–water partition coefficient (Wildman–Crippen LogP) is 1.28. The van der Waals surface area contributed by atoms with Crippen LogP contribution in [0.5, 0.6) is 0 Å². The van der Waals surface area contributed by atoms with Crippen molar-refractivity contribution in [2.45, 2.75) is 25.9 Å². The largest absolute Gasteiger partial charge is 0.341 e. The van der Waals surface area contributed by atoms with E-state index in [1.54, 1.807) is 36.1 Å². The SMILES string of the molecule is CC1CN(C(=O)C(C)NC(=O)c2ccc(Cl)cc2)CCN1. The van der Waals surface area contributed by atoms with Crippen LogP contribution in [0.25, 0.3) is 0 Å². The summed E-state index contributed by atoms with van der Waals surface area (Å²) in [6.45, 7) is 5.87. The third kappa shape index (κ3) is 4.19. The molecule has 1 aromatic rings. The van der Waals surface area contributed by atoms with Crippen molar-refractivity contribution in [1.82, 2.24) is 15.5 Å². The monoisotopic (exact) mass is 309 g/mol. The number of carbonyl (C=O) groups excluding carboxylic acids is 2. The first kappa shape index (κ1) is 15.8. The minimum absolute atomic E-state index is 0.0503. The summed E-state index contributed by atoms with van der Waals surface area (Å²) in [7, 11) is 0. The Balaban J connectivity index is 1.93. The van der Waals surface area contributed by atoms with E-state index in [0.29, 0.717) is 23.7 Å². The average Bonchev–Trinajstić information content (AvgIpc) is 2.47. The highest BCUT2D eigenvalue weighted by Crippen LogP contribution is 2.10. The molecule has 5 nitrogen and oxygen atoms in total. The molecule has 2 N–H and O–H groups in total. The molecule has 2 unspecified atom stereocenters. The fraction of sp³-hybridized carbons (Fsp3) is 0.467. The van der Waals surface area contributed by atoms with Crippen LogP contribution in [0.3, 0.4) is 0 Å². The van der Waals surface area contributed by atoms with Crippen molar-refractivity contribution >= 4 is 23.4 Å². The van der Waals surface area contributed by atoms with Gasteiger partial charge in [0.15, 0.2) is 0 Å². The van der Waals surface area contributed by atoms with E-state index < -0.39 is 6.04 Å². The summed E-state index contributed by atoms with van der Waals surface area (Å²) in [5.74, 6) is -0.318. The Hall–Kier alpha value is -1.59. The second kappa shape index (κ2) is 6.91. The van der Waals surface area contributed by atoms with Crippen LogP contribution >= 0.6 is 11.6 Å². The standard InChI is InChI=1S/C15H20ClN3O2/c1-10-9-19(8-7-17-10)15(21)11(2)18-14(20)12-3-5-13(16)6-4-12/h3-6,10-11,17H,7-9H2,1-2H3,(H,18,20). The first-order valence-electron chi connectivity index (χ1n) is 7.06. The lowest BCUT2D eigenvalue weighted by Gasteiger charge is -2.33. The van der Waals surface area contributed by atoms with Crippen molar-refractivity contribution in [2.24, 2.45) is 0 Å². The van der Waals surface area contributed by atoms with E-state index in [4.69, 9.17) is 11.6 Å². The number of hydrogen-bond donors (Lipinski definition) is 2. The Labute approximate surface area is 129 Å². The summed E-state index contributed by atoms with van der Waals surface area (Å²) < 4.78 is 0. The van der Waals surface area contributed by atoms with Gasteiger partial charge >= 0.3 is 0 Å². The van der Waals surface area contributed by atoms with E-state index in [-0.39, 0.29) is 17.9 Å². The van der Waals surface area contributed by atoms with E-state index >= 15 is 0 Å². The third-order valence-corrected chi connectivity index (χ3v) is 3.76. The maximum atomic E-state index is 12.3. The van der Waals surface area contributed by atoms with Crippen LogP contribution in [0.4, 0.5) is 0 Å². The number of hydrogen-bond acceptors (Lipinski definition) is 3. The lowest BCUT2D eigenvalue weighted by molar-refractivity contribution is -0.133. The van der Waals surface area contributed by atoms with Gasteiger partial charge in [-0.2, -0.15) is 0 Å². The highest BCUT2D eigenvalue weighted by atomic mass is 35.5. The summed E-state index contributed by atoms with van der Waals surface area (Å²) in [6, 6.07) is 6.33. The zero-order valence-corrected chi connectivity index (χ0v) is 13.0. The summed E-state index contributed by atoms with van der Waals surface area (Å²) in [6.07, 6.45) is 0. The molecule has 2 amide bonds. The Morgan fingerprint density at radius 1 is 1.38 bits per heavy atom. The molecule has 0 aliphatic carbocycles.